The van der Waals surface area contributed by atoms with E-state index in [1.54, 1.807) is 11.8 Å². The summed E-state index contributed by atoms with van der Waals surface area (Å²) in [4.78, 5) is 38.2. The molecule has 0 spiro atoms. The van der Waals surface area contributed by atoms with Crippen molar-refractivity contribution >= 4 is 28.9 Å². The van der Waals surface area contributed by atoms with Crippen molar-refractivity contribution in [2.45, 2.75) is 19.4 Å². The second-order valence-corrected chi connectivity index (χ2v) is 7.86. The van der Waals surface area contributed by atoms with Crippen molar-refractivity contribution in [3.05, 3.63) is 65.9 Å². The highest BCUT2D eigenvalue weighted by Gasteiger charge is 2.31. The van der Waals surface area contributed by atoms with E-state index in [1.165, 1.54) is 0 Å². The Labute approximate surface area is 198 Å². The van der Waals surface area contributed by atoms with Crippen LogP contribution in [0.15, 0.2) is 54.6 Å². The van der Waals surface area contributed by atoms with Gasteiger partial charge in [-0.05, 0) is 24.6 Å². The van der Waals surface area contributed by atoms with Crippen LogP contribution in [0, 0.1) is 11.3 Å². The summed E-state index contributed by atoms with van der Waals surface area (Å²) in [6.07, 6.45) is -0.345. The van der Waals surface area contributed by atoms with Crippen molar-refractivity contribution in [1.82, 2.24) is 20.2 Å². The minimum atomic E-state index is -1.13. The number of rotatable bonds is 6. The summed E-state index contributed by atoms with van der Waals surface area (Å²) in [6.45, 7) is 4.28. The molecule has 9 nitrogen and oxygen atoms in total. The molecule has 2 heterocycles. The number of nitrogens with zero attached hydrogens (tertiary/aromatic N) is 5. The molecule has 1 aliphatic rings. The van der Waals surface area contributed by atoms with Gasteiger partial charge >= 0.3 is 6.09 Å². The second kappa shape index (κ2) is 10.6. The quantitative estimate of drug-likeness (QED) is 0.605. The number of anilines is 1. The molecule has 0 radical (unpaired) electrons. The average molecular weight is 459 g/mol. The number of nitrogens with one attached hydrogen (secondary N) is 1. The zero-order valence-electron chi connectivity index (χ0n) is 19.0. The third kappa shape index (κ3) is 5.07. The SMILES string of the molecule is CCOC(=O)N1CCN(c2nc3ccccc3nc2C(C#N)C(=O)NCc2ccccc2)CC1. The van der Waals surface area contributed by atoms with Crippen LogP contribution in [0.3, 0.4) is 0 Å². The van der Waals surface area contributed by atoms with Crippen LogP contribution in [-0.4, -0.2) is 59.7 Å². The molecule has 0 bridgehead atoms. The average Bonchev–Trinajstić information content (AvgIpc) is 2.88. The summed E-state index contributed by atoms with van der Waals surface area (Å²) in [5, 5.41) is 12.8. The molecule has 1 aromatic heterocycles. The molecule has 1 atom stereocenters. The summed E-state index contributed by atoms with van der Waals surface area (Å²) < 4.78 is 5.10. The number of carbonyl (C=O) groups excluding carboxylic acids is 2. The number of para-hydroxylation sites is 2. The van der Waals surface area contributed by atoms with Crippen LogP contribution in [0.2, 0.25) is 0 Å². The van der Waals surface area contributed by atoms with Crippen LogP contribution < -0.4 is 10.2 Å². The lowest BCUT2D eigenvalue weighted by Crippen LogP contribution is -2.49. The lowest BCUT2D eigenvalue weighted by atomic mass is 10.0. The van der Waals surface area contributed by atoms with E-state index in [4.69, 9.17) is 9.72 Å². The molecule has 174 valence electrons. The summed E-state index contributed by atoms with van der Waals surface area (Å²) in [5.41, 5.74) is 2.54. The van der Waals surface area contributed by atoms with Crippen LogP contribution in [0.25, 0.3) is 11.0 Å². The van der Waals surface area contributed by atoms with Crippen molar-refractivity contribution in [1.29, 1.82) is 5.26 Å². The number of carbonyl (C=O) groups is 2. The largest absolute Gasteiger partial charge is 0.450 e. The highest BCUT2D eigenvalue weighted by molar-refractivity contribution is 5.89. The van der Waals surface area contributed by atoms with E-state index in [1.807, 2.05) is 59.5 Å². The van der Waals surface area contributed by atoms with Crippen LogP contribution in [0.4, 0.5) is 10.6 Å². The van der Waals surface area contributed by atoms with Gasteiger partial charge in [-0.2, -0.15) is 5.26 Å². The van der Waals surface area contributed by atoms with Gasteiger partial charge in [0, 0.05) is 32.7 Å². The van der Waals surface area contributed by atoms with Gasteiger partial charge in [-0.25, -0.2) is 14.8 Å². The summed E-state index contributed by atoms with van der Waals surface area (Å²) in [6, 6.07) is 19.0. The number of fused-ring (bicyclic) bond motifs is 1. The van der Waals surface area contributed by atoms with E-state index in [0.717, 1.165) is 5.56 Å². The van der Waals surface area contributed by atoms with E-state index in [9.17, 15) is 14.9 Å². The Bertz CT molecular complexity index is 1200. The fourth-order valence-electron chi connectivity index (χ4n) is 3.88. The lowest BCUT2D eigenvalue weighted by molar-refractivity contribution is -0.121. The molecule has 1 unspecified atom stereocenters. The number of hydrogen-bond acceptors (Lipinski definition) is 7. The maximum absolute atomic E-state index is 13.0. The minimum absolute atomic E-state index is 0.312. The Morgan fingerprint density at radius 2 is 1.68 bits per heavy atom. The zero-order valence-corrected chi connectivity index (χ0v) is 19.0. The Balaban J connectivity index is 1.60. The van der Waals surface area contributed by atoms with E-state index >= 15 is 0 Å². The third-order valence-electron chi connectivity index (χ3n) is 5.66. The molecule has 1 saturated heterocycles. The third-order valence-corrected chi connectivity index (χ3v) is 5.66. The van der Waals surface area contributed by atoms with Gasteiger partial charge in [0.25, 0.3) is 0 Å². The van der Waals surface area contributed by atoms with E-state index in [0.29, 0.717) is 61.9 Å². The Kier molecular flexibility index (Phi) is 7.18. The first kappa shape index (κ1) is 23.0. The van der Waals surface area contributed by atoms with E-state index in [2.05, 4.69) is 16.4 Å². The maximum Gasteiger partial charge on any atom is 0.409 e. The number of ether oxygens (including phenoxy) is 1. The Hall–Kier alpha value is -4.19. The number of amides is 2. The first-order valence-electron chi connectivity index (χ1n) is 11.2. The highest BCUT2D eigenvalue weighted by Crippen LogP contribution is 2.28. The highest BCUT2D eigenvalue weighted by atomic mass is 16.6. The number of aromatic nitrogens is 2. The lowest BCUT2D eigenvalue weighted by Gasteiger charge is -2.35. The molecule has 2 aromatic carbocycles. The standard InChI is InChI=1S/C25H26N6O3/c1-2-34-25(33)31-14-12-30(13-15-31)23-22(28-20-10-6-7-11-21(20)29-23)19(16-26)24(32)27-17-18-8-4-3-5-9-18/h3-11,19H,2,12-15,17H2,1H3,(H,27,32). The first-order chi connectivity index (χ1) is 16.6. The van der Waals surface area contributed by atoms with Gasteiger partial charge in [-0.1, -0.05) is 42.5 Å². The van der Waals surface area contributed by atoms with Crippen molar-refractivity contribution in [3.63, 3.8) is 0 Å². The molecular weight excluding hydrogens is 432 g/mol. The number of piperazine rings is 1. The molecular formula is C25H26N6O3. The normalized spacial score (nSPS) is 14.4. The molecule has 3 aromatic rings. The monoisotopic (exact) mass is 458 g/mol. The maximum atomic E-state index is 13.0. The number of nitriles is 1. The van der Waals surface area contributed by atoms with Gasteiger partial charge in [0.15, 0.2) is 11.7 Å². The molecule has 0 aliphatic carbocycles. The molecule has 2 amide bonds. The van der Waals surface area contributed by atoms with Crippen molar-refractivity contribution < 1.29 is 14.3 Å². The molecule has 4 rings (SSSR count). The summed E-state index contributed by atoms with van der Waals surface area (Å²) in [5.74, 6) is -1.06. The fourth-order valence-corrected chi connectivity index (χ4v) is 3.88. The first-order valence-corrected chi connectivity index (χ1v) is 11.2. The van der Waals surface area contributed by atoms with Gasteiger partial charge in [0.05, 0.1) is 23.7 Å². The van der Waals surface area contributed by atoms with Crippen molar-refractivity contribution in [3.8, 4) is 6.07 Å². The molecule has 1 N–H and O–H groups in total. The predicted octanol–water partition coefficient (Wildman–Crippen LogP) is 2.83. The van der Waals surface area contributed by atoms with Gasteiger partial charge in [-0.3, -0.25) is 4.79 Å². The predicted molar refractivity (Wildman–Crippen MR) is 127 cm³/mol. The molecule has 0 saturated carbocycles. The topological polar surface area (TPSA) is 111 Å². The Morgan fingerprint density at radius 3 is 2.32 bits per heavy atom. The van der Waals surface area contributed by atoms with Gasteiger partial charge < -0.3 is 19.9 Å². The smallest absolute Gasteiger partial charge is 0.409 e. The molecule has 34 heavy (non-hydrogen) atoms. The van der Waals surface area contributed by atoms with Crippen LogP contribution in [-0.2, 0) is 16.1 Å². The second-order valence-electron chi connectivity index (χ2n) is 7.86. The summed E-state index contributed by atoms with van der Waals surface area (Å²) in [7, 11) is 0. The minimum Gasteiger partial charge on any atom is -0.450 e. The van der Waals surface area contributed by atoms with Gasteiger partial charge in [0.1, 0.15) is 5.69 Å². The zero-order chi connectivity index (χ0) is 23.9. The number of hydrogen-bond donors (Lipinski definition) is 1. The van der Waals surface area contributed by atoms with Crippen LogP contribution in [0.1, 0.15) is 24.1 Å². The van der Waals surface area contributed by atoms with E-state index < -0.39 is 11.8 Å². The molecule has 1 aliphatic heterocycles. The van der Waals surface area contributed by atoms with Crippen LogP contribution in [0.5, 0.6) is 0 Å². The van der Waals surface area contributed by atoms with Gasteiger partial charge in [-0.15, -0.1) is 0 Å². The molecule has 9 heteroatoms. The molecule has 1 fully saturated rings. The number of benzene rings is 2. The summed E-state index contributed by atoms with van der Waals surface area (Å²) >= 11 is 0. The van der Waals surface area contributed by atoms with E-state index in [-0.39, 0.29) is 6.09 Å². The van der Waals surface area contributed by atoms with Crippen molar-refractivity contribution in [2.24, 2.45) is 0 Å². The Morgan fingerprint density at radius 1 is 1.03 bits per heavy atom. The van der Waals surface area contributed by atoms with Crippen LogP contribution >= 0.6 is 0 Å². The fraction of sp³-hybridized carbons (Fsp3) is 0.320. The van der Waals surface area contributed by atoms with Crippen molar-refractivity contribution in [2.75, 3.05) is 37.7 Å². The van der Waals surface area contributed by atoms with Gasteiger partial charge in [0.2, 0.25) is 5.91 Å².